The van der Waals surface area contributed by atoms with Crippen molar-refractivity contribution in [2.75, 3.05) is 12.0 Å². The molecule has 0 spiro atoms. The Hall–Kier alpha value is -2.42. The molecule has 1 aromatic carbocycles. The molecule has 0 radical (unpaired) electrons. The molecule has 2 rings (SSSR count). The number of hydrogen-bond acceptors (Lipinski definition) is 6. The Labute approximate surface area is 219 Å². The highest BCUT2D eigenvalue weighted by Crippen LogP contribution is 2.39. The van der Waals surface area contributed by atoms with Gasteiger partial charge in [0.2, 0.25) is 11.8 Å². The molecule has 3 amide bonds. The summed E-state index contributed by atoms with van der Waals surface area (Å²) >= 11 is 1.57. The summed E-state index contributed by atoms with van der Waals surface area (Å²) in [5, 5.41) is 16.7. The monoisotopic (exact) mass is 521 g/mol. The third-order valence-electron chi connectivity index (χ3n) is 5.99. The summed E-state index contributed by atoms with van der Waals surface area (Å²) in [5.41, 5.74) is 0.303. The summed E-state index contributed by atoms with van der Waals surface area (Å²) in [6, 6.07) is 3.14. The summed E-state index contributed by atoms with van der Waals surface area (Å²) in [4.78, 5) is 41.9. The lowest BCUT2D eigenvalue weighted by atomic mass is 9.98. The predicted octanol–water partition coefficient (Wildman–Crippen LogP) is 4.68. The summed E-state index contributed by atoms with van der Waals surface area (Å²) in [6.45, 7) is 11.0. The van der Waals surface area contributed by atoms with Crippen molar-refractivity contribution in [2.24, 2.45) is 0 Å². The molecule has 8 nitrogen and oxygen atoms in total. The zero-order valence-corrected chi connectivity index (χ0v) is 23.5. The fourth-order valence-electron chi connectivity index (χ4n) is 4.14. The van der Waals surface area contributed by atoms with Gasteiger partial charge in [-0.3, -0.25) is 9.59 Å². The molecule has 36 heavy (non-hydrogen) atoms. The maximum absolute atomic E-state index is 14.0. The summed E-state index contributed by atoms with van der Waals surface area (Å²) in [7, 11) is 0. The van der Waals surface area contributed by atoms with Gasteiger partial charge in [-0.15, -0.1) is 0 Å². The van der Waals surface area contributed by atoms with Crippen LogP contribution in [0.25, 0.3) is 0 Å². The van der Waals surface area contributed by atoms with Crippen molar-refractivity contribution >= 4 is 29.7 Å². The Bertz CT molecular complexity index is 913. The number of nitrogens with zero attached hydrogens (tertiary/aromatic N) is 1. The average Bonchev–Trinajstić information content (AvgIpc) is 3.60. The highest BCUT2D eigenvalue weighted by molar-refractivity contribution is 7.98. The van der Waals surface area contributed by atoms with Crippen LogP contribution in [0.2, 0.25) is 0 Å². The normalized spacial score (nSPS) is 16.0. The second-order valence-corrected chi connectivity index (χ2v) is 11.6. The van der Waals surface area contributed by atoms with E-state index in [9.17, 15) is 19.5 Å². The maximum Gasteiger partial charge on any atom is 0.408 e. The SMILES string of the molecule is CCCC(C)NC(=O)C(c1cccc(C)c1O)N(C(=O)C(CCSC)NC(=O)OC(C)(C)C)C1CC1. The number of aryl methyl sites for hydroxylation is 1. The van der Waals surface area contributed by atoms with E-state index in [1.165, 1.54) is 0 Å². The fourth-order valence-corrected chi connectivity index (χ4v) is 4.61. The van der Waals surface area contributed by atoms with Gasteiger partial charge in [-0.2, -0.15) is 11.8 Å². The lowest BCUT2D eigenvalue weighted by Crippen LogP contribution is -2.54. The van der Waals surface area contributed by atoms with Crippen molar-refractivity contribution in [2.45, 2.75) is 103 Å². The van der Waals surface area contributed by atoms with E-state index in [4.69, 9.17) is 4.74 Å². The van der Waals surface area contributed by atoms with Crippen LogP contribution in [0.3, 0.4) is 0 Å². The molecule has 0 aliphatic heterocycles. The highest BCUT2D eigenvalue weighted by atomic mass is 32.2. The minimum absolute atomic E-state index is 0.00000908. The molecule has 1 fully saturated rings. The fraction of sp³-hybridized carbons (Fsp3) is 0.667. The van der Waals surface area contributed by atoms with Gasteiger partial charge in [0, 0.05) is 17.6 Å². The zero-order valence-electron chi connectivity index (χ0n) is 22.7. The number of ether oxygens (including phenoxy) is 1. The van der Waals surface area contributed by atoms with Crippen LogP contribution in [-0.2, 0) is 14.3 Å². The van der Waals surface area contributed by atoms with Gasteiger partial charge >= 0.3 is 6.09 Å². The molecule has 0 saturated heterocycles. The van der Waals surface area contributed by atoms with Crippen molar-refractivity contribution in [3.8, 4) is 5.75 Å². The number of amides is 3. The van der Waals surface area contributed by atoms with E-state index in [0.717, 1.165) is 25.7 Å². The summed E-state index contributed by atoms with van der Waals surface area (Å²) in [5.74, 6) is -0.0373. The highest BCUT2D eigenvalue weighted by Gasteiger charge is 2.45. The number of aromatic hydroxyl groups is 1. The van der Waals surface area contributed by atoms with Crippen LogP contribution in [0.4, 0.5) is 4.79 Å². The Morgan fingerprint density at radius 2 is 1.86 bits per heavy atom. The van der Waals surface area contributed by atoms with Crippen LogP contribution >= 0.6 is 11.8 Å². The van der Waals surface area contributed by atoms with Gasteiger partial charge in [0.1, 0.15) is 23.4 Å². The van der Waals surface area contributed by atoms with Crippen molar-refractivity contribution < 1.29 is 24.2 Å². The van der Waals surface area contributed by atoms with E-state index in [2.05, 4.69) is 10.6 Å². The Kier molecular flexibility index (Phi) is 10.9. The Morgan fingerprint density at radius 1 is 1.19 bits per heavy atom. The van der Waals surface area contributed by atoms with E-state index in [-0.39, 0.29) is 29.6 Å². The molecule has 0 aromatic heterocycles. The van der Waals surface area contributed by atoms with Gasteiger partial charge in [-0.05, 0) is 77.9 Å². The zero-order chi connectivity index (χ0) is 27.0. The topological polar surface area (TPSA) is 108 Å². The predicted molar refractivity (Wildman–Crippen MR) is 144 cm³/mol. The first-order valence-electron chi connectivity index (χ1n) is 12.8. The number of thioether (sulfide) groups is 1. The van der Waals surface area contributed by atoms with E-state index in [1.807, 2.05) is 20.1 Å². The molecule has 1 aliphatic carbocycles. The first kappa shape index (κ1) is 29.8. The molecule has 1 aliphatic rings. The Balaban J connectivity index is 2.47. The second-order valence-electron chi connectivity index (χ2n) is 10.6. The van der Waals surface area contributed by atoms with E-state index in [0.29, 0.717) is 23.3 Å². The number of phenolic OH excluding ortho intramolecular Hbond substituents is 1. The number of phenols is 1. The van der Waals surface area contributed by atoms with Crippen LogP contribution in [0.15, 0.2) is 18.2 Å². The smallest absolute Gasteiger partial charge is 0.408 e. The number of hydrogen-bond donors (Lipinski definition) is 3. The van der Waals surface area contributed by atoms with E-state index < -0.39 is 23.8 Å². The molecule has 9 heteroatoms. The first-order valence-corrected chi connectivity index (χ1v) is 14.2. The number of alkyl carbamates (subject to hydrolysis) is 1. The molecular weight excluding hydrogens is 478 g/mol. The lowest BCUT2D eigenvalue weighted by Gasteiger charge is -2.35. The number of rotatable bonds is 12. The largest absolute Gasteiger partial charge is 0.507 e. The van der Waals surface area contributed by atoms with Gasteiger partial charge in [0.25, 0.3) is 0 Å². The van der Waals surface area contributed by atoms with E-state index in [1.54, 1.807) is 62.6 Å². The number of para-hydroxylation sites is 1. The molecule has 0 bridgehead atoms. The standard InChI is InChI=1S/C27H43N3O5S/c1-8-10-18(3)28-24(32)22(20-12-9-11-17(2)23(20)31)30(19-13-14-19)25(33)21(15-16-36-7)29-26(34)35-27(4,5)6/h9,11-12,18-19,21-22,31H,8,10,13-16H2,1-7H3,(H,28,32)(H,29,34). The number of carbonyl (C=O) groups excluding carboxylic acids is 3. The van der Waals surface area contributed by atoms with Crippen molar-refractivity contribution in [1.82, 2.24) is 15.5 Å². The molecule has 1 aromatic rings. The van der Waals surface area contributed by atoms with Gasteiger partial charge in [0.05, 0.1) is 0 Å². The molecule has 3 N–H and O–H groups in total. The minimum Gasteiger partial charge on any atom is -0.507 e. The van der Waals surface area contributed by atoms with Crippen LogP contribution < -0.4 is 10.6 Å². The molecule has 1 saturated carbocycles. The first-order chi connectivity index (χ1) is 16.9. The number of nitrogens with one attached hydrogen (secondary N) is 2. The van der Waals surface area contributed by atoms with Crippen molar-refractivity contribution in [3.63, 3.8) is 0 Å². The van der Waals surface area contributed by atoms with Crippen LogP contribution in [0.1, 0.15) is 83.9 Å². The molecule has 202 valence electrons. The quantitative estimate of drug-likeness (QED) is 0.369. The summed E-state index contributed by atoms with van der Waals surface area (Å²) in [6.07, 6.45) is 4.87. The van der Waals surface area contributed by atoms with Gasteiger partial charge in [-0.25, -0.2) is 4.79 Å². The molecular formula is C27H43N3O5S. The average molecular weight is 522 g/mol. The second kappa shape index (κ2) is 13.2. The minimum atomic E-state index is -1.01. The van der Waals surface area contributed by atoms with Gasteiger partial charge in [0.15, 0.2) is 0 Å². The molecule has 3 atom stereocenters. The van der Waals surface area contributed by atoms with Gasteiger partial charge in [-0.1, -0.05) is 31.5 Å². The van der Waals surface area contributed by atoms with Crippen molar-refractivity contribution in [1.29, 1.82) is 0 Å². The molecule has 0 heterocycles. The van der Waals surface area contributed by atoms with Gasteiger partial charge < -0.3 is 25.4 Å². The van der Waals surface area contributed by atoms with Crippen molar-refractivity contribution in [3.05, 3.63) is 29.3 Å². The molecule has 3 unspecified atom stereocenters. The third kappa shape index (κ3) is 8.61. The number of benzene rings is 1. The maximum atomic E-state index is 14.0. The van der Waals surface area contributed by atoms with Crippen LogP contribution in [0, 0.1) is 6.92 Å². The van der Waals surface area contributed by atoms with Crippen LogP contribution in [0.5, 0.6) is 5.75 Å². The van der Waals surface area contributed by atoms with E-state index >= 15 is 0 Å². The van der Waals surface area contributed by atoms with Crippen LogP contribution in [-0.4, -0.2) is 63.6 Å². The Morgan fingerprint density at radius 3 is 2.42 bits per heavy atom. The number of carbonyl (C=O) groups is 3. The lowest BCUT2D eigenvalue weighted by molar-refractivity contribution is -0.143. The summed E-state index contributed by atoms with van der Waals surface area (Å²) < 4.78 is 5.41. The third-order valence-corrected chi connectivity index (χ3v) is 6.64.